The Balaban J connectivity index is 2.08. The largest absolute Gasteiger partial charge is 0.378 e. The van der Waals surface area contributed by atoms with Gasteiger partial charge in [-0.3, -0.25) is 0 Å². The minimum Gasteiger partial charge on any atom is -0.378 e. The SMILES string of the molecule is Clc1ccc(CC2CCCO2)c(Cl)c1. The van der Waals surface area contributed by atoms with Gasteiger partial charge in [-0.25, -0.2) is 0 Å². The number of rotatable bonds is 2. The summed E-state index contributed by atoms with van der Waals surface area (Å²) in [6.07, 6.45) is 3.54. The van der Waals surface area contributed by atoms with Crippen LogP contribution in [0.4, 0.5) is 0 Å². The van der Waals surface area contributed by atoms with Gasteiger partial charge in [0.05, 0.1) is 6.10 Å². The molecule has 1 unspecified atom stereocenters. The molecule has 1 heterocycles. The molecule has 2 rings (SSSR count). The van der Waals surface area contributed by atoms with Gasteiger partial charge in [-0.15, -0.1) is 0 Å². The Morgan fingerprint density at radius 1 is 1.36 bits per heavy atom. The molecule has 1 aromatic carbocycles. The van der Waals surface area contributed by atoms with Gasteiger partial charge in [-0.05, 0) is 30.5 Å². The summed E-state index contributed by atoms with van der Waals surface area (Å²) in [7, 11) is 0. The third kappa shape index (κ3) is 2.41. The predicted octanol–water partition coefficient (Wildman–Crippen LogP) is 3.71. The van der Waals surface area contributed by atoms with E-state index in [0.29, 0.717) is 11.1 Å². The summed E-state index contributed by atoms with van der Waals surface area (Å²) in [5, 5.41) is 1.43. The topological polar surface area (TPSA) is 9.23 Å². The highest BCUT2D eigenvalue weighted by atomic mass is 35.5. The molecule has 76 valence electrons. The molecule has 1 saturated heterocycles. The molecule has 3 heteroatoms. The Hall–Kier alpha value is -0.240. The lowest BCUT2D eigenvalue weighted by atomic mass is 10.1. The summed E-state index contributed by atoms with van der Waals surface area (Å²) in [5.41, 5.74) is 1.13. The van der Waals surface area contributed by atoms with Crippen LogP contribution in [0.15, 0.2) is 18.2 Å². The van der Waals surface area contributed by atoms with Crippen molar-refractivity contribution < 1.29 is 4.74 Å². The Kier molecular flexibility index (Phi) is 3.32. The molecule has 1 aromatic rings. The minimum atomic E-state index is 0.341. The zero-order valence-corrected chi connectivity index (χ0v) is 9.31. The van der Waals surface area contributed by atoms with Crippen LogP contribution in [0, 0.1) is 0 Å². The smallest absolute Gasteiger partial charge is 0.0616 e. The first-order chi connectivity index (χ1) is 6.75. The molecule has 0 spiro atoms. The summed E-state index contributed by atoms with van der Waals surface area (Å²) in [4.78, 5) is 0. The van der Waals surface area contributed by atoms with Crippen LogP contribution in [0.1, 0.15) is 18.4 Å². The van der Waals surface area contributed by atoms with E-state index in [2.05, 4.69) is 0 Å². The van der Waals surface area contributed by atoms with Crippen LogP contribution in [-0.4, -0.2) is 12.7 Å². The fourth-order valence-corrected chi connectivity index (χ4v) is 2.22. The van der Waals surface area contributed by atoms with E-state index in [9.17, 15) is 0 Å². The van der Waals surface area contributed by atoms with Crippen LogP contribution in [0.2, 0.25) is 10.0 Å². The molecule has 0 aromatic heterocycles. The molecule has 1 aliphatic rings. The molecule has 14 heavy (non-hydrogen) atoms. The Morgan fingerprint density at radius 2 is 2.21 bits per heavy atom. The van der Waals surface area contributed by atoms with Gasteiger partial charge in [0.15, 0.2) is 0 Å². The number of benzene rings is 1. The van der Waals surface area contributed by atoms with Crippen LogP contribution in [0.3, 0.4) is 0 Å². The van der Waals surface area contributed by atoms with Gasteiger partial charge in [0.1, 0.15) is 0 Å². The van der Waals surface area contributed by atoms with E-state index in [1.54, 1.807) is 6.07 Å². The number of hydrogen-bond acceptors (Lipinski definition) is 1. The minimum absolute atomic E-state index is 0.341. The second-order valence-electron chi connectivity index (χ2n) is 3.57. The Bertz CT molecular complexity index is 319. The van der Waals surface area contributed by atoms with Crippen molar-refractivity contribution in [2.75, 3.05) is 6.61 Å². The van der Waals surface area contributed by atoms with Crippen molar-refractivity contribution in [1.82, 2.24) is 0 Å². The normalized spacial score (nSPS) is 21.4. The second-order valence-corrected chi connectivity index (χ2v) is 4.42. The molecular weight excluding hydrogens is 219 g/mol. The van der Waals surface area contributed by atoms with Crippen LogP contribution in [-0.2, 0) is 11.2 Å². The molecule has 0 radical (unpaired) electrons. The monoisotopic (exact) mass is 230 g/mol. The van der Waals surface area contributed by atoms with Crippen LogP contribution < -0.4 is 0 Å². The van der Waals surface area contributed by atoms with Crippen LogP contribution in [0.25, 0.3) is 0 Å². The number of ether oxygens (including phenoxy) is 1. The standard InChI is InChI=1S/C11H12Cl2O/c12-9-4-3-8(11(13)7-9)6-10-2-1-5-14-10/h3-4,7,10H,1-2,5-6H2. The summed E-state index contributed by atoms with van der Waals surface area (Å²) >= 11 is 11.9. The van der Waals surface area contributed by atoms with Crippen molar-refractivity contribution in [3.63, 3.8) is 0 Å². The molecule has 0 amide bonds. The molecule has 1 atom stereocenters. The molecule has 1 aliphatic heterocycles. The van der Waals surface area contributed by atoms with E-state index < -0.39 is 0 Å². The van der Waals surface area contributed by atoms with E-state index in [1.807, 2.05) is 12.1 Å². The fraction of sp³-hybridized carbons (Fsp3) is 0.455. The first-order valence-corrected chi connectivity index (χ1v) is 5.57. The van der Waals surface area contributed by atoms with Crippen molar-refractivity contribution >= 4 is 23.2 Å². The molecular formula is C11H12Cl2O. The summed E-state index contributed by atoms with van der Waals surface area (Å²) in [6, 6.07) is 5.64. The first-order valence-electron chi connectivity index (χ1n) is 4.81. The van der Waals surface area contributed by atoms with Crippen molar-refractivity contribution in [1.29, 1.82) is 0 Å². The Morgan fingerprint density at radius 3 is 2.86 bits per heavy atom. The van der Waals surface area contributed by atoms with Gasteiger partial charge in [0.25, 0.3) is 0 Å². The van der Waals surface area contributed by atoms with E-state index in [-0.39, 0.29) is 0 Å². The van der Waals surface area contributed by atoms with Gasteiger partial charge in [-0.1, -0.05) is 29.3 Å². The van der Waals surface area contributed by atoms with Crippen LogP contribution >= 0.6 is 23.2 Å². The van der Waals surface area contributed by atoms with E-state index in [1.165, 1.54) is 0 Å². The highest BCUT2D eigenvalue weighted by molar-refractivity contribution is 6.35. The van der Waals surface area contributed by atoms with Gasteiger partial charge in [0, 0.05) is 23.1 Å². The van der Waals surface area contributed by atoms with Gasteiger partial charge in [0.2, 0.25) is 0 Å². The molecule has 0 saturated carbocycles. The third-order valence-electron chi connectivity index (χ3n) is 2.49. The summed E-state index contributed by atoms with van der Waals surface area (Å²) in [5.74, 6) is 0. The molecule has 1 fully saturated rings. The Labute approximate surface area is 94.0 Å². The third-order valence-corrected chi connectivity index (χ3v) is 3.07. The maximum Gasteiger partial charge on any atom is 0.0616 e. The lowest BCUT2D eigenvalue weighted by Crippen LogP contribution is -2.08. The van der Waals surface area contributed by atoms with Crippen molar-refractivity contribution in [2.24, 2.45) is 0 Å². The van der Waals surface area contributed by atoms with Crippen molar-refractivity contribution in [3.8, 4) is 0 Å². The quantitative estimate of drug-likeness (QED) is 0.753. The zero-order valence-electron chi connectivity index (χ0n) is 7.80. The summed E-state index contributed by atoms with van der Waals surface area (Å²) in [6.45, 7) is 0.885. The maximum atomic E-state index is 6.07. The fourth-order valence-electron chi connectivity index (χ4n) is 1.74. The average molecular weight is 231 g/mol. The highest BCUT2D eigenvalue weighted by Gasteiger charge is 2.17. The van der Waals surface area contributed by atoms with Crippen LogP contribution in [0.5, 0.6) is 0 Å². The average Bonchev–Trinajstić information content (AvgIpc) is 2.62. The van der Waals surface area contributed by atoms with Gasteiger partial charge < -0.3 is 4.74 Å². The number of halogens is 2. The summed E-state index contributed by atoms with van der Waals surface area (Å²) < 4.78 is 5.55. The van der Waals surface area contributed by atoms with Crippen molar-refractivity contribution in [3.05, 3.63) is 33.8 Å². The van der Waals surface area contributed by atoms with Gasteiger partial charge in [-0.2, -0.15) is 0 Å². The predicted molar refractivity (Wildman–Crippen MR) is 59.1 cm³/mol. The van der Waals surface area contributed by atoms with Crippen molar-refractivity contribution in [2.45, 2.75) is 25.4 Å². The number of hydrogen-bond donors (Lipinski definition) is 0. The maximum absolute atomic E-state index is 6.07. The zero-order chi connectivity index (χ0) is 9.97. The van der Waals surface area contributed by atoms with Gasteiger partial charge >= 0.3 is 0 Å². The van der Waals surface area contributed by atoms with E-state index in [4.69, 9.17) is 27.9 Å². The molecule has 1 nitrogen and oxygen atoms in total. The molecule has 0 N–H and O–H groups in total. The molecule has 0 aliphatic carbocycles. The highest BCUT2D eigenvalue weighted by Crippen LogP contribution is 2.25. The molecule has 0 bridgehead atoms. The second kappa shape index (κ2) is 4.52. The lowest BCUT2D eigenvalue weighted by Gasteiger charge is -2.10. The van der Waals surface area contributed by atoms with E-state index in [0.717, 1.165) is 36.5 Å². The van der Waals surface area contributed by atoms with E-state index >= 15 is 0 Å². The lowest BCUT2D eigenvalue weighted by molar-refractivity contribution is 0.111. The first kappa shape index (κ1) is 10.3.